The van der Waals surface area contributed by atoms with Gasteiger partial charge in [0.2, 0.25) is 5.91 Å². The zero-order valence-corrected chi connectivity index (χ0v) is 10.1. The van der Waals surface area contributed by atoms with Gasteiger partial charge in [-0.05, 0) is 31.6 Å². The highest BCUT2D eigenvalue weighted by molar-refractivity contribution is 9.09. The first kappa shape index (κ1) is 10.5. The molecule has 1 saturated heterocycles. The summed E-state index contributed by atoms with van der Waals surface area (Å²) in [4.78, 5) is 14.0. The van der Waals surface area contributed by atoms with Gasteiger partial charge in [-0.25, -0.2) is 0 Å². The van der Waals surface area contributed by atoms with Crippen LogP contribution in [0.15, 0.2) is 0 Å². The molecule has 14 heavy (non-hydrogen) atoms. The molecule has 0 spiro atoms. The van der Waals surface area contributed by atoms with Crippen LogP contribution in [0.25, 0.3) is 0 Å². The number of carbonyl (C=O) groups excluding carboxylic acids is 1. The van der Waals surface area contributed by atoms with Crippen LogP contribution in [-0.4, -0.2) is 28.7 Å². The van der Waals surface area contributed by atoms with E-state index in [1.54, 1.807) is 0 Å². The highest BCUT2D eigenvalue weighted by atomic mass is 79.9. The minimum Gasteiger partial charge on any atom is -0.339 e. The van der Waals surface area contributed by atoms with Crippen LogP contribution in [0.3, 0.4) is 0 Å². The summed E-state index contributed by atoms with van der Waals surface area (Å²) < 4.78 is 0. The van der Waals surface area contributed by atoms with Gasteiger partial charge in [-0.3, -0.25) is 4.79 Å². The zero-order valence-electron chi connectivity index (χ0n) is 8.54. The molecule has 0 radical (unpaired) electrons. The maximum atomic E-state index is 11.8. The van der Waals surface area contributed by atoms with Crippen LogP contribution in [-0.2, 0) is 4.79 Å². The second-order valence-corrected chi connectivity index (χ2v) is 5.22. The fourth-order valence-electron chi connectivity index (χ4n) is 2.99. The Bertz CT molecular complexity index is 219. The summed E-state index contributed by atoms with van der Waals surface area (Å²) in [6.45, 7) is 1.01. The van der Waals surface area contributed by atoms with Crippen molar-refractivity contribution < 1.29 is 4.79 Å². The monoisotopic (exact) mass is 259 g/mol. The van der Waals surface area contributed by atoms with E-state index >= 15 is 0 Å². The minimum atomic E-state index is 0.360. The van der Waals surface area contributed by atoms with Gasteiger partial charge in [0.05, 0.1) is 0 Å². The molecule has 0 bridgehead atoms. The molecule has 0 aromatic heterocycles. The maximum absolute atomic E-state index is 11.8. The van der Waals surface area contributed by atoms with Crippen molar-refractivity contribution in [3.05, 3.63) is 0 Å². The molecule has 1 aliphatic carbocycles. The summed E-state index contributed by atoms with van der Waals surface area (Å²) in [5.74, 6) is 1.18. The Morgan fingerprint density at radius 2 is 2.07 bits per heavy atom. The van der Waals surface area contributed by atoms with Crippen LogP contribution in [0.2, 0.25) is 0 Å². The van der Waals surface area contributed by atoms with Crippen LogP contribution in [0.1, 0.15) is 38.5 Å². The van der Waals surface area contributed by atoms with Crippen LogP contribution in [0.4, 0.5) is 0 Å². The normalized spacial score (nSPS) is 31.6. The summed E-state index contributed by atoms with van der Waals surface area (Å²) in [6.07, 6.45) is 7.16. The molecule has 1 amide bonds. The largest absolute Gasteiger partial charge is 0.339 e. The number of fused-ring (bicyclic) bond motifs is 1. The van der Waals surface area contributed by atoms with Gasteiger partial charge in [-0.15, -0.1) is 0 Å². The minimum absolute atomic E-state index is 0.360. The van der Waals surface area contributed by atoms with Crippen molar-refractivity contribution in [2.24, 2.45) is 5.92 Å². The van der Waals surface area contributed by atoms with Gasteiger partial charge in [0.15, 0.2) is 0 Å². The molecular weight excluding hydrogens is 242 g/mol. The van der Waals surface area contributed by atoms with Crippen molar-refractivity contribution in [1.82, 2.24) is 4.90 Å². The lowest BCUT2D eigenvalue weighted by Gasteiger charge is -2.37. The summed E-state index contributed by atoms with van der Waals surface area (Å²) >= 11 is 3.34. The third-order valence-electron chi connectivity index (χ3n) is 3.62. The predicted octanol–water partition coefficient (Wildman–Crippen LogP) is 2.56. The number of hydrogen-bond acceptors (Lipinski definition) is 1. The SMILES string of the molecule is O=C(CCBr)N1CCCC2CCCC21. The van der Waals surface area contributed by atoms with Gasteiger partial charge in [0, 0.05) is 24.3 Å². The molecule has 80 valence electrons. The van der Waals surface area contributed by atoms with Gasteiger partial charge in [0.25, 0.3) is 0 Å². The molecule has 2 aliphatic rings. The number of halogens is 1. The Morgan fingerprint density at radius 3 is 2.86 bits per heavy atom. The first-order valence-corrected chi connectivity index (χ1v) is 6.80. The molecular formula is C11H18BrNO. The first-order chi connectivity index (χ1) is 6.83. The van der Waals surface area contributed by atoms with Gasteiger partial charge in [-0.1, -0.05) is 22.4 Å². The maximum Gasteiger partial charge on any atom is 0.223 e. The van der Waals surface area contributed by atoms with Crippen molar-refractivity contribution >= 4 is 21.8 Å². The zero-order chi connectivity index (χ0) is 9.97. The fourth-order valence-corrected chi connectivity index (χ4v) is 3.33. The Kier molecular flexibility index (Phi) is 3.47. The van der Waals surface area contributed by atoms with Crippen LogP contribution in [0, 0.1) is 5.92 Å². The van der Waals surface area contributed by atoms with Crippen molar-refractivity contribution in [3.8, 4) is 0 Å². The van der Waals surface area contributed by atoms with Gasteiger partial charge in [-0.2, -0.15) is 0 Å². The molecule has 0 aromatic rings. The molecule has 2 atom stereocenters. The van der Waals surface area contributed by atoms with Crippen molar-refractivity contribution in [2.45, 2.75) is 44.6 Å². The summed E-state index contributed by atoms with van der Waals surface area (Å²) in [5, 5.41) is 0.805. The Balaban J connectivity index is 1.99. The smallest absolute Gasteiger partial charge is 0.223 e. The molecule has 0 aromatic carbocycles. The van der Waals surface area contributed by atoms with E-state index in [0.717, 1.165) is 17.8 Å². The van der Waals surface area contributed by atoms with Crippen molar-refractivity contribution in [1.29, 1.82) is 0 Å². The van der Waals surface area contributed by atoms with E-state index in [9.17, 15) is 4.79 Å². The van der Waals surface area contributed by atoms with E-state index in [1.165, 1.54) is 32.1 Å². The quantitative estimate of drug-likeness (QED) is 0.699. The lowest BCUT2D eigenvalue weighted by Crippen LogP contribution is -2.46. The molecule has 1 heterocycles. The Labute approximate surface area is 94.2 Å². The van der Waals surface area contributed by atoms with E-state index in [2.05, 4.69) is 20.8 Å². The molecule has 2 unspecified atom stereocenters. The van der Waals surface area contributed by atoms with Crippen LogP contribution < -0.4 is 0 Å². The molecule has 2 nitrogen and oxygen atoms in total. The molecule has 2 rings (SSSR count). The van der Waals surface area contributed by atoms with Gasteiger partial charge in [0.1, 0.15) is 0 Å². The van der Waals surface area contributed by atoms with Gasteiger partial charge >= 0.3 is 0 Å². The topological polar surface area (TPSA) is 20.3 Å². The second-order valence-electron chi connectivity index (χ2n) is 4.43. The van der Waals surface area contributed by atoms with Crippen LogP contribution in [0.5, 0.6) is 0 Å². The average molecular weight is 260 g/mol. The van der Waals surface area contributed by atoms with Crippen molar-refractivity contribution in [3.63, 3.8) is 0 Å². The average Bonchev–Trinajstić information content (AvgIpc) is 2.65. The number of hydrogen-bond donors (Lipinski definition) is 0. The van der Waals surface area contributed by atoms with E-state index in [-0.39, 0.29) is 0 Å². The predicted molar refractivity (Wildman–Crippen MR) is 60.5 cm³/mol. The van der Waals surface area contributed by atoms with E-state index in [4.69, 9.17) is 0 Å². The second kappa shape index (κ2) is 4.65. The van der Waals surface area contributed by atoms with Gasteiger partial charge < -0.3 is 4.90 Å². The lowest BCUT2D eigenvalue weighted by molar-refractivity contribution is -0.135. The third kappa shape index (κ3) is 1.97. The molecule has 0 N–H and O–H groups in total. The fraction of sp³-hybridized carbons (Fsp3) is 0.909. The molecule has 3 heteroatoms. The molecule has 1 aliphatic heterocycles. The van der Waals surface area contributed by atoms with Crippen LogP contribution >= 0.6 is 15.9 Å². The van der Waals surface area contributed by atoms with E-state index in [1.807, 2.05) is 0 Å². The Hall–Kier alpha value is -0.0500. The summed E-state index contributed by atoms with van der Waals surface area (Å²) in [5.41, 5.74) is 0. The Morgan fingerprint density at radius 1 is 1.29 bits per heavy atom. The number of likely N-dealkylation sites (tertiary alicyclic amines) is 1. The first-order valence-electron chi connectivity index (χ1n) is 5.68. The summed E-state index contributed by atoms with van der Waals surface area (Å²) in [7, 11) is 0. The number of rotatable bonds is 2. The van der Waals surface area contributed by atoms with Crippen molar-refractivity contribution in [2.75, 3.05) is 11.9 Å². The lowest BCUT2D eigenvalue weighted by atomic mass is 9.92. The highest BCUT2D eigenvalue weighted by Crippen LogP contribution is 2.36. The molecule has 2 fully saturated rings. The van der Waals surface area contributed by atoms with E-state index in [0.29, 0.717) is 18.4 Å². The number of piperidine rings is 1. The number of carbonyl (C=O) groups is 1. The number of alkyl halides is 1. The third-order valence-corrected chi connectivity index (χ3v) is 4.02. The van der Waals surface area contributed by atoms with E-state index < -0.39 is 0 Å². The number of nitrogens with zero attached hydrogens (tertiary/aromatic N) is 1. The summed E-state index contributed by atoms with van der Waals surface area (Å²) in [6, 6.07) is 0.593. The molecule has 1 saturated carbocycles. The highest BCUT2D eigenvalue weighted by Gasteiger charge is 2.36. The number of amides is 1. The standard InChI is InChI=1S/C11H18BrNO/c12-7-6-11(14)13-8-2-4-9-3-1-5-10(9)13/h9-10H,1-8H2.